The smallest absolute Gasteiger partial charge is 0.306 e. The molecule has 0 bridgehead atoms. The van der Waals surface area contributed by atoms with Gasteiger partial charge in [0, 0.05) is 11.8 Å². The van der Waals surface area contributed by atoms with Crippen LogP contribution in [0.3, 0.4) is 0 Å². The van der Waals surface area contributed by atoms with Crippen molar-refractivity contribution >= 4 is 43.5 Å². The topological polar surface area (TPSA) is 131 Å². The van der Waals surface area contributed by atoms with Crippen LogP contribution in [-0.4, -0.2) is 49.4 Å². The molecule has 0 fully saturated rings. The van der Waals surface area contributed by atoms with Crippen molar-refractivity contribution in [2.24, 2.45) is 0 Å². The molecule has 0 saturated heterocycles. The predicted molar refractivity (Wildman–Crippen MR) is 132 cm³/mol. The molecule has 2 N–H and O–H groups in total. The van der Waals surface area contributed by atoms with Gasteiger partial charge in [0.05, 0.1) is 49.7 Å². The van der Waals surface area contributed by atoms with Crippen molar-refractivity contribution in [3.8, 4) is 22.6 Å². The summed E-state index contributed by atoms with van der Waals surface area (Å²) in [7, 11) is -3.38. The van der Waals surface area contributed by atoms with Crippen LogP contribution in [0.4, 0.5) is 0 Å². The first kappa shape index (κ1) is 21.3. The molecule has 6 rings (SSSR count). The first-order valence-corrected chi connectivity index (χ1v) is 12.7. The minimum absolute atomic E-state index is 0.199. The van der Waals surface area contributed by atoms with Crippen molar-refractivity contribution in [1.82, 2.24) is 34.7 Å². The summed E-state index contributed by atoms with van der Waals surface area (Å²) in [5.41, 5.74) is 4.94. The minimum atomic E-state index is -3.38. The summed E-state index contributed by atoms with van der Waals surface area (Å²) >= 11 is 6.58. The fraction of sp³-hybridized carbons (Fsp3) is 0.0435. The lowest BCUT2D eigenvalue weighted by atomic mass is 10.1. The molecule has 35 heavy (non-hydrogen) atoms. The van der Waals surface area contributed by atoms with Gasteiger partial charge >= 0.3 is 5.69 Å². The number of halogens is 1. The third-order valence-electron chi connectivity index (χ3n) is 5.68. The molecule has 0 spiro atoms. The summed E-state index contributed by atoms with van der Waals surface area (Å²) < 4.78 is 27.4. The number of aromatic nitrogens is 7. The van der Waals surface area contributed by atoms with Crippen molar-refractivity contribution in [3.05, 3.63) is 82.4 Å². The van der Waals surface area contributed by atoms with Crippen LogP contribution >= 0.6 is 11.6 Å². The third kappa shape index (κ3) is 3.61. The van der Waals surface area contributed by atoms with Gasteiger partial charge in [-0.05, 0) is 54.6 Å². The van der Waals surface area contributed by atoms with E-state index in [2.05, 4.69) is 25.4 Å². The van der Waals surface area contributed by atoms with Crippen LogP contribution in [0.25, 0.3) is 44.7 Å². The minimum Gasteiger partial charge on any atom is -0.306 e. The number of sulfone groups is 1. The highest BCUT2D eigenvalue weighted by Crippen LogP contribution is 2.32. The van der Waals surface area contributed by atoms with Crippen molar-refractivity contribution < 1.29 is 8.42 Å². The Balaban J connectivity index is 1.51. The Bertz CT molecular complexity index is 1930. The highest BCUT2D eigenvalue weighted by molar-refractivity contribution is 7.90. The van der Waals surface area contributed by atoms with E-state index in [1.807, 2.05) is 18.2 Å². The third-order valence-corrected chi connectivity index (χ3v) is 7.08. The number of nitrogens with zero attached hydrogens (tertiary/aromatic N) is 5. The number of aromatic amines is 2. The van der Waals surface area contributed by atoms with Gasteiger partial charge in [0.1, 0.15) is 5.52 Å². The van der Waals surface area contributed by atoms with Gasteiger partial charge in [0.25, 0.3) is 0 Å². The number of hydrogen-bond acceptors (Lipinski definition) is 6. The van der Waals surface area contributed by atoms with Gasteiger partial charge in [0.2, 0.25) is 0 Å². The highest BCUT2D eigenvalue weighted by atomic mass is 35.5. The summed E-state index contributed by atoms with van der Waals surface area (Å²) in [4.78, 5) is 17.3. The first-order chi connectivity index (χ1) is 16.8. The number of imidazole rings is 1. The van der Waals surface area contributed by atoms with E-state index in [0.717, 1.165) is 5.56 Å². The molecule has 0 amide bonds. The molecule has 0 saturated carbocycles. The lowest BCUT2D eigenvalue weighted by molar-refractivity contribution is 0.601. The van der Waals surface area contributed by atoms with Crippen LogP contribution in [0.15, 0.2) is 76.6 Å². The maximum Gasteiger partial charge on any atom is 0.323 e. The lowest BCUT2D eigenvalue weighted by Gasteiger charge is -2.10. The van der Waals surface area contributed by atoms with Crippen LogP contribution in [0, 0.1) is 0 Å². The summed E-state index contributed by atoms with van der Waals surface area (Å²) in [5, 5.41) is 13.3. The fourth-order valence-corrected chi connectivity index (χ4v) is 4.96. The first-order valence-electron chi connectivity index (χ1n) is 10.4. The van der Waals surface area contributed by atoms with Gasteiger partial charge in [-0.2, -0.15) is 5.10 Å². The zero-order chi connectivity index (χ0) is 24.3. The Morgan fingerprint density at radius 1 is 0.914 bits per heavy atom. The molecule has 3 heterocycles. The second-order valence-corrected chi connectivity index (χ2v) is 10.5. The average Bonchev–Trinajstić information content (AvgIpc) is 3.55. The van der Waals surface area contributed by atoms with Crippen LogP contribution in [-0.2, 0) is 9.84 Å². The molecule has 0 aliphatic rings. The average molecular weight is 506 g/mol. The van der Waals surface area contributed by atoms with Gasteiger partial charge < -0.3 is 9.97 Å². The van der Waals surface area contributed by atoms with Crippen LogP contribution in [0.5, 0.6) is 0 Å². The maximum atomic E-state index is 12.0. The zero-order valence-corrected chi connectivity index (χ0v) is 19.7. The molecule has 0 aliphatic heterocycles. The molecule has 6 aromatic rings. The number of rotatable bonds is 4. The molecule has 12 heteroatoms. The molecular formula is C23H16ClN7O3S. The zero-order valence-electron chi connectivity index (χ0n) is 18.1. The Morgan fingerprint density at radius 3 is 2.54 bits per heavy atom. The summed E-state index contributed by atoms with van der Waals surface area (Å²) in [6, 6.07) is 17.4. The van der Waals surface area contributed by atoms with E-state index >= 15 is 0 Å². The van der Waals surface area contributed by atoms with Crippen LogP contribution in [0.2, 0.25) is 5.02 Å². The second-order valence-electron chi connectivity index (χ2n) is 8.03. The Morgan fingerprint density at radius 2 is 1.71 bits per heavy atom. The molecule has 0 aliphatic carbocycles. The van der Waals surface area contributed by atoms with E-state index in [-0.39, 0.29) is 10.6 Å². The molecule has 0 radical (unpaired) electrons. The van der Waals surface area contributed by atoms with Gasteiger partial charge in [-0.1, -0.05) is 22.9 Å². The van der Waals surface area contributed by atoms with Gasteiger partial charge in [-0.3, -0.25) is 0 Å². The SMILES string of the molecule is CS(=O)(=O)c1cccc(-n2nccc2-c2cc(Cl)c3nnn(-c4ccc5[nH]c(=O)[nH]c5c4)c3c2)c1. The van der Waals surface area contributed by atoms with E-state index in [1.165, 1.54) is 6.26 Å². The Labute approximate surface area is 202 Å². The highest BCUT2D eigenvalue weighted by Gasteiger charge is 2.17. The van der Waals surface area contributed by atoms with E-state index < -0.39 is 9.84 Å². The molecule has 3 aromatic heterocycles. The quantitative estimate of drug-likeness (QED) is 0.377. The van der Waals surface area contributed by atoms with Crippen molar-refractivity contribution in [2.45, 2.75) is 4.90 Å². The molecular weight excluding hydrogens is 490 g/mol. The number of benzene rings is 3. The van der Waals surface area contributed by atoms with Crippen molar-refractivity contribution in [3.63, 3.8) is 0 Å². The molecule has 3 aromatic carbocycles. The van der Waals surface area contributed by atoms with E-state index in [4.69, 9.17) is 11.6 Å². The van der Waals surface area contributed by atoms with Crippen molar-refractivity contribution in [2.75, 3.05) is 6.26 Å². The number of H-pyrrole nitrogens is 2. The van der Waals surface area contributed by atoms with Crippen molar-refractivity contribution in [1.29, 1.82) is 0 Å². The van der Waals surface area contributed by atoms with Gasteiger partial charge in [0.15, 0.2) is 9.84 Å². The predicted octanol–water partition coefficient (Wildman–Crippen LogP) is 3.50. The molecule has 10 nitrogen and oxygen atoms in total. The number of hydrogen-bond donors (Lipinski definition) is 2. The molecule has 0 unspecified atom stereocenters. The van der Waals surface area contributed by atoms with E-state index in [9.17, 15) is 13.2 Å². The van der Waals surface area contributed by atoms with Gasteiger partial charge in [-0.15, -0.1) is 5.10 Å². The van der Waals surface area contributed by atoms with Crippen LogP contribution in [0.1, 0.15) is 0 Å². The molecule has 0 atom stereocenters. The fourth-order valence-electron chi connectivity index (χ4n) is 4.05. The van der Waals surface area contributed by atoms with E-state index in [0.29, 0.717) is 44.2 Å². The summed E-state index contributed by atoms with van der Waals surface area (Å²) in [5.74, 6) is 0. The Hall–Kier alpha value is -4.22. The maximum absolute atomic E-state index is 12.0. The molecule has 174 valence electrons. The van der Waals surface area contributed by atoms with E-state index in [1.54, 1.807) is 58.0 Å². The normalized spacial score (nSPS) is 12.1. The lowest BCUT2D eigenvalue weighted by Crippen LogP contribution is -2.03. The summed E-state index contributed by atoms with van der Waals surface area (Å²) in [6.45, 7) is 0. The monoisotopic (exact) mass is 505 g/mol. The second kappa shape index (κ2) is 7.65. The number of fused-ring (bicyclic) bond motifs is 2. The largest absolute Gasteiger partial charge is 0.323 e. The summed E-state index contributed by atoms with van der Waals surface area (Å²) in [6.07, 6.45) is 2.80. The number of nitrogens with one attached hydrogen (secondary N) is 2. The Kier molecular flexibility index (Phi) is 4.66. The van der Waals surface area contributed by atoms with Gasteiger partial charge in [-0.25, -0.2) is 22.6 Å². The van der Waals surface area contributed by atoms with Crippen LogP contribution < -0.4 is 5.69 Å². The standard InChI is InChI=1S/C23H16ClN7O3S/c1-35(33,34)16-4-2-3-14(11-16)30-20(7-8-25-30)13-9-17(24)22-21(10-13)31(29-28-22)15-5-6-18-19(12-15)27-23(32)26-18/h2-12H,1H3,(H2,26,27,32).